The number of rotatable bonds is 4. The quantitative estimate of drug-likeness (QED) is 0.183. The predicted molar refractivity (Wildman–Crippen MR) is 203 cm³/mol. The predicted octanol–water partition coefficient (Wildman–Crippen LogP) is 11.6. The number of nitrogens with zero attached hydrogens (tertiary/aromatic N) is 2. The molecule has 0 amide bonds. The molecule has 9 aromatic rings. The van der Waals surface area contributed by atoms with Gasteiger partial charge in [0.2, 0.25) is 0 Å². The summed E-state index contributed by atoms with van der Waals surface area (Å²) < 4.78 is 0. The third-order valence-corrected chi connectivity index (χ3v) is 10.3. The highest BCUT2D eigenvalue weighted by Gasteiger charge is 2.47. The summed E-state index contributed by atoms with van der Waals surface area (Å²) in [5.41, 5.74) is 10.9. The molecule has 0 radical (unpaired) electrons. The second-order valence-corrected chi connectivity index (χ2v) is 12.9. The fourth-order valence-electron chi connectivity index (χ4n) is 8.29. The standard InChI is InChI=1S/C47H30N2/c1-4-17-32(18-5-1)44-39-29-28-31-16-10-13-25-37(31)45(39)49-46(48-44)43-36-24-12-11-19-33(36)30-41-42(43)38-26-14-15-27-40(38)47(41,34-20-6-2-7-21-34)35-22-8-3-9-23-35/h1-30H. The Morgan fingerprint density at radius 1 is 0.388 bits per heavy atom. The molecule has 8 aromatic carbocycles. The number of fused-ring (bicyclic) bond motifs is 7. The molecule has 1 aliphatic rings. The third kappa shape index (κ3) is 4.01. The van der Waals surface area contributed by atoms with Crippen molar-refractivity contribution in [1.82, 2.24) is 9.97 Å². The summed E-state index contributed by atoms with van der Waals surface area (Å²) in [5.74, 6) is 0.738. The van der Waals surface area contributed by atoms with Crippen molar-refractivity contribution in [3.8, 4) is 33.8 Å². The molecule has 2 heteroatoms. The van der Waals surface area contributed by atoms with E-state index in [1.54, 1.807) is 0 Å². The van der Waals surface area contributed by atoms with Gasteiger partial charge in [0.05, 0.1) is 16.6 Å². The lowest BCUT2D eigenvalue weighted by Crippen LogP contribution is -2.28. The summed E-state index contributed by atoms with van der Waals surface area (Å²) in [6.07, 6.45) is 0. The highest BCUT2D eigenvalue weighted by atomic mass is 14.9. The van der Waals surface area contributed by atoms with Crippen molar-refractivity contribution in [3.05, 3.63) is 204 Å². The lowest BCUT2D eigenvalue weighted by Gasteiger charge is -2.34. The van der Waals surface area contributed by atoms with Gasteiger partial charge in [0.1, 0.15) is 0 Å². The number of benzene rings is 8. The lowest BCUT2D eigenvalue weighted by molar-refractivity contribution is 0.769. The van der Waals surface area contributed by atoms with Gasteiger partial charge in [-0.3, -0.25) is 0 Å². The molecule has 1 heterocycles. The average molecular weight is 623 g/mol. The highest BCUT2D eigenvalue weighted by Crippen LogP contribution is 2.59. The van der Waals surface area contributed by atoms with Gasteiger partial charge in [-0.15, -0.1) is 0 Å². The molecule has 0 spiro atoms. The fraction of sp³-hybridized carbons (Fsp3) is 0.0213. The topological polar surface area (TPSA) is 25.8 Å². The van der Waals surface area contributed by atoms with Crippen LogP contribution in [0.2, 0.25) is 0 Å². The van der Waals surface area contributed by atoms with Gasteiger partial charge in [0, 0.05) is 21.9 Å². The van der Waals surface area contributed by atoms with Crippen molar-refractivity contribution in [2.75, 3.05) is 0 Å². The Bertz CT molecular complexity index is 2660. The maximum atomic E-state index is 5.54. The Labute approximate surface area is 285 Å². The van der Waals surface area contributed by atoms with Crippen molar-refractivity contribution in [2.45, 2.75) is 5.41 Å². The molecule has 0 atom stereocenters. The van der Waals surface area contributed by atoms with Gasteiger partial charge >= 0.3 is 0 Å². The molecule has 0 aliphatic heterocycles. The van der Waals surface area contributed by atoms with Gasteiger partial charge in [-0.2, -0.15) is 0 Å². The number of hydrogen-bond acceptors (Lipinski definition) is 2. The monoisotopic (exact) mass is 622 g/mol. The van der Waals surface area contributed by atoms with E-state index in [-0.39, 0.29) is 0 Å². The molecule has 0 N–H and O–H groups in total. The number of hydrogen-bond donors (Lipinski definition) is 0. The third-order valence-electron chi connectivity index (χ3n) is 10.3. The van der Waals surface area contributed by atoms with Crippen molar-refractivity contribution >= 4 is 32.4 Å². The Morgan fingerprint density at radius 2 is 0.980 bits per heavy atom. The van der Waals surface area contributed by atoms with Crippen LogP contribution < -0.4 is 0 Å². The zero-order valence-corrected chi connectivity index (χ0v) is 26.7. The second-order valence-electron chi connectivity index (χ2n) is 12.9. The van der Waals surface area contributed by atoms with Crippen molar-refractivity contribution in [2.24, 2.45) is 0 Å². The zero-order chi connectivity index (χ0) is 32.4. The van der Waals surface area contributed by atoms with E-state index in [2.05, 4.69) is 182 Å². The molecule has 0 saturated heterocycles. The smallest absolute Gasteiger partial charge is 0.161 e. The van der Waals surface area contributed by atoms with Gasteiger partial charge in [0.25, 0.3) is 0 Å². The number of aromatic nitrogens is 2. The van der Waals surface area contributed by atoms with E-state index in [1.165, 1.54) is 44.2 Å². The molecule has 10 rings (SSSR count). The fourth-order valence-corrected chi connectivity index (χ4v) is 8.29. The van der Waals surface area contributed by atoms with Crippen LogP contribution in [0.15, 0.2) is 182 Å². The molecule has 0 saturated carbocycles. The van der Waals surface area contributed by atoms with Gasteiger partial charge in [-0.25, -0.2) is 9.97 Å². The van der Waals surface area contributed by atoms with E-state index in [1.807, 2.05) is 0 Å². The molecule has 0 unspecified atom stereocenters. The second kappa shape index (κ2) is 10.8. The van der Waals surface area contributed by atoms with Gasteiger partial charge in [0.15, 0.2) is 5.82 Å². The Morgan fingerprint density at radius 3 is 1.71 bits per heavy atom. The Kier molecular flexibility index (Phi) is 6.13. The van der Waals surface area contributed by atoms with E-state index in [9.17, 15) is 0 Å². The lowest BCUT2D eigenvalue weighted by atomic mass is 9.67. The Hall–Kier alpha value is -6.38. The van der Waals surface area contributed by atoms with E-state index >= 15 is 0 Å². The van der Waals surface area contributed by atoms with Crippen molar-refractivity contribution < 1.29 is 0 Å². The maximum Gasteiger partial charge on any atom is 0.161 e. The summed E-state index contributed by atoms with van der Waals surface area (Å²) in [6.45, 7) is 0. The van der Waals surface area contributed by atoms with Crippen LogP contribution in [0.25, 0.3) is 66.2 Å². The van der Waals surface area contributed by atoms with E-state index < -0.39 is 5.41 Å². The van der Waals surface area contributed by atoms with Crippen LogP contribution in [0.1, 0.15) is 22.3 Å². The summed E-state index contributed by atoms with van der Waals surface area (Å²) in [6, 6.07) is 65.5. The Balaban J connectivity index is 1.41. The first-order valence-corrected chi connectivity index (χ1v) is 16.8. The molecule has 49 heavy (non-hydrogen) atoms. The van der Waals surface area contributed by atoms with Gasteiger partial charge in [-0.05, 0) is 61.7 Å². The van der Waals surface area contributed by atoms with Gasteiger partial charge in [-0.1, -0.05) is 170 Å². The molecule has 1 aromatic heterocycles. The molecule has 0 fully saturated rings. The normalized spacial score (nSPS) is 13.1. The minimum absolute atomic E-state index is 0.529. The zero-order valence-electron chi connectivity index (χ0n) is 26.7. The van der Waals surface area contributed by atoms with E-state index in [4.69, 9.17) is 9.97 Å². The van der Waals surface area contributed by atoms with Crippen LogP contribution in [0.4, 0.5) is 0 Å². The van der Waals surface area contributed by atoms with Crippen LogP contribution >= 0.6 is 0 Å². The van der Waals surface area contributed by atoms with Crippen LogP contribution in [-0.2, 0) is 5.41 Å². The first-order valence-electron chi connectivity index (χ1n) is 16.8. The molecule has 228 valence electrons. The molecular formula is C47H30N2. The molecule has 1 aliphatic carbocycles. The minimum Gasteiger partial charge on any atom is -0.227 e. The highest BCUT2D eigenvalue weighted by molar-refractivity contribution is 6.12. The van der Waals surface area contributed by atoms with Crippen molar-refractivity contribution in [1.29, 1.82) is 0 Å². The SMILES string of the molecule is c1ccc(-c2nc(-c3c4c(cc5ccccc35)C(c3ccccc3)(c3ccccc3)c3ccccc3-4)nc3c2ccc2ccccc23)cc1. The van der Waals surface area contributed by atoms with E-state index in [0.717, 1.165) is 44.3 Å². The average Bonchev–Trinajstić information content (AvgIpc) is 3.48. The van der Waals surface area contributed by atoms with Crippen LogP contribution in [0, 0.1) is 0 Å². The van der Waals surface area contributed by atoms with Crippen LogP contribution in [-0.4, -0.2) is 9.97 Å². The summed E-state index contributed by atoms with van der Waals surface area (Å²) in [4.78, 5) is 11.1. The van der Waals surface area contributed by atoms with Crippen LogP contribution in [0.5, 0.6) is 0 Å². The minimum atomic E-state index is -0.529. The largest absolute Gasteiger partial charge is 0.227 e. The summed E-state index contributed by atoms with van der Waals surface area (Å²) in [7, 11) is 0. The molecule has 2 nitrogen and oxygen atoms in total. The molecule has 0 bridgehead atoms. The first kappa shape index (κ1) is 27.7. The first-order chi connectivity index (χ1) is 24.3. The summed E-state index contributed by atoms with van der Waals surface area (Å²) in [5, 5.41) is 5.66. The maximum absolute atomic E-state index is 5.54. The van der Waals surface area contributed by atoms with Crippen LogP contribution in [0.3, 0.4) is 0 Å². The van der Waals surface area contributed by atoms with Crippen molar-refractivity contribution in [3.63, 3.8) is 0 Å². The van der Waals surface area contributed by atoms with E-state index in [0.29, 0.717) is 0 Å². The molecular weight excluding hydrogens is 593 g/mol. The van der Waals surface area contributed by atoms with Gasteiger partial charge < -0.3 is 0 Å². The summed E-state index contributed by atoms with van der Waals surface area (Å²) >= 11 is 0.